The largest absolute Gasteiger partial charge is 0.481 e. The van der Waals surface area contributed by atoms with E-state index in [0.717, 1.165) is 11.1 Å². The number of hydrogen-bond donors (Lipinski definition) is 2. The zero-order chi connectivity index (χ0) is 14.5. The number of carbonyl (C=O) groups is 2. The third-order valence-corrected chi connectivity index (χ3v) is 3.33. The summed E-state index contributed by atoms with van der Waals surface area (Å²) in [5.74, 6) is -1.93. The maximum atomic E-state index is 11.8. The Labute approximate surface area is 117 Å². The van der Waals surface area contributed by atoms with Crippen LogP contribution in [-0.2, 0) is 14.3 Å². The molecular weight excluding hydrogens is 258 g/mol. The van der Waals surface area contributed by atoms with Gasteiger partial charge in [0.2, 0.25) is 5.91 Å². The predicted molar refractivity (Wildman–Crippen MR) is 74.1 cm³/mol. The van der Waals surface area contributed by atoms with Gasteiger partial charge in [0.05, 0.1) is 19.3 Å². The van der Waals surface area contributed by atoms with Gasteiger partial charge in [0.15, 0.2) is 0 Å². The summed E-state index contributed by atoms with van der Waals surface area (Å²) in [6, 6.07) is 7.23. The molecule has 20 heavy (non-hydrogen) atoms. The van der Waals surface area contributed by atoms with Crippen molar-refractivity contribution in [1.29, 1.82) is 0 Å². The number of nitrogens with one attached hydrogen (secondary N) is 1. The molecule has 1 amide bonds. The number of carboxylic acids is 1. The fourth-order valence-electron chi connectivity index (χ4n) is 2.11. The van der Waals surface area contributed by atoms with Crippen molar-refractivity contribution in [2.45, 2.75) is 13.0 Å². The number of aliphatic carboxylic acids is 1. The number of ether oxygens (including phenoxy) is 1. The van der Waals surface area contributed by atoms with E-state index in [1.807, 2.05) is 31.2 Å². The lowest BCUT2D eigenvalue weighted by molar-refractivity contribution is -0.142. The van der Waals surface area contributed by atoms with Gasteiger partial charge in [-0.3, -0.25) is 9.59 Å². The van der Waals surface area contributed by atoms with Crippen LogP contribution in [0.4, 0.5) is 0 Å². The number of carboxylic acid groups (broad SMARTS) is 1. The van der Waals surface area contributed by atoms with Gasteiger partial charge in [0.25, 0.3) is 0 Å². The van der Waals surface area contributed by atoms with E-state index in [9.17, 15) is 9.59 Å². The Morgan fingerprint density at radius 1 is 1.35 bits per heavy atom. The molecule has 1 saturated heterocycles. The molecule has 2 N–H and O–H groups in total. The summed E-state index contributed by atoms with van der Waals surface area (Å²) in [4.78, 5) is 22.8. The minimum Gasteiger partial charge on any atom is -0.481 e. The van der Waals surface area contributed by atoms with Crippen LogP contribution in [0.2, 0.25) is 0 Å². The zero-order valence-electron chi connectivity index (χ0n) is 11.2. The molecule has 1 fully saturated rings. The molecule has 2 unspecified atom stereocenters. The van der Waals surface area contributed by atoms with E-state index in [0.29, 0.717) is 0 Å². The van der Waals surface area contributed by atoms with Crippen molar-refractivity contribution < 1.29 is 19.4 Å². The van der Waals surface area contributed by atoms with Crippen LogP contribution in [0.1, 0.15) is 11.1 Å². The van der Waals surface area contributed by atoms with Gasteiger partial charge >= 0.3 is 5.97 Å². The summed E-state index contributed by atoms with van der Waals surface area (Å²) < 4.78 is 5.09. The summed E-state index contributed by atoms with van der Waals surface area (Å²) in [7, 11) is 0. The maximum Gasteiger partial charge on any atom is 0.311 e. The third-order valence-electron chi connectivity index (χ3n) is 3.33. The van der Waals surface area contributed by atoms with Crippen LogP contribution in [0.5, 0.6) is 0 Å². The first-order valence-electron chi connectivity index (χ1n) is 6.42. The van der Waals surface area contributed by atoms with Crippen LogP contribution in [0.15, 0.2) is 30.3 Å². The highest BCUT2D eigenvalue weighted by Gasteiger charge is 2.34. The van der Waals surface area contributed by atoms with Gasteiger partial charge in [-0.1, -0.05) is 24.3 Å². The smallest absolute Gasteiger partial charge is 0.311 e. The molecular formula is C15H17NO4. The minimum absolute atomic E-state index is 0.141. The van der Waals surface area contributed by atoms with Crippen molar-refractivity contribution in [3.8, 4) is 0 Å². The Morgan fingerprint density at radius 2 is 2.10 bits per heavy atom. The molecule has 0 radical (unpaired) electrons. The first kappa shape index (κ1) is 14.3. The van der Waals surface area contributed by atoms with Crippen molar-refractivity contribution in [2.75, 3.05) is 13.2 Å². The second kappa shape index (κ2) is 6.34. The quantitative estimate of drug-likeness (QED) is 0.810. The molecule has 1 aromatic carbocycles. The summed E-state index contributed by atoms with van der Waals surface area (Å²) in [5, 5.41) is 11.7. The molecule has 5 nitrogen and oxygen atoms in total. The molecule has 106 valence electrons. The second-order valence-electron chi connectivity index (χ2n) is 4.79. The van der Waals surface area contributed by atoms with E-state index in [2.05, 4.69) is 5.32 Å². The minimum atomic E-state index is -0.948. The predicted octanol–water partition coefficient (Wildman–Crippen LogP) is 1.22. The molecule has 2 rings (SSSR count). The normalized spacial score (nSPS) is 22.1. The Balaban J connectivity index is 1.96. The van der Waals surface area contributed by atoms with Gasteiger partial charge in [-0.2, -0.15) is 0 Å². The number of aryl methyl sites for hydroxylation is 1. The van der Waals surface area contributed by atoms with E-state index in [1.165, 1.54) is 6.08 Å². The second-order valence-corrected chi connectivity index (χ2v) is 4.79. The summed E-state index contributed by atoms with van der Waals surface area (Å²) in [5.41, 5.74) is 2.03. The van der Waals surface area contributed by atoms with Gasteiger partial charge in [-0.25, -0.2) is 0 Å². The van der Waals surface area contributed by atoms with Crippen molar-refractivity contribution >= 4 is 18.0 Å². The van der Waals surface area contributed by atoms with Gasteiger partial charge < -0.3 is 15.2 Å². The molecule has 1 aromatic rings. The molecule has 5 heteroatoms. The van der Waals surface area contributed by atoms with Crippen LogP contribution >= 0.6 is 0 Å². The number of amides is 1. The van der Waals surface area contributed by atoms with Crippen LogP contribution in [0, 0.1) is 12.8 Å². The van der Waals surface area contributed by atoms with Crippen LogP contribution in [0.25, 0.3) is 6.08 Å². The highest BCUT2D eigenvalue weighted by molar-refractivity contribution is 5.92. The Hall–Kier alpha value is -2.14. The van der Waals surface area contributed by atoms with Crippen molar-refractivity contribution in [1.82, 2.24) is 5.32 Å². The van der Waals surface area contributed by atoms with E-state index in [1.54, 1.807) is 6.08 Å². The summed E-state index contributed by atoms with van der Waals surface area (Å²) in [6.07, 6.45) is 3.13. The molecule has 2 atom stereocenters. The van der Waals surface area contributed by atoms with E-state index >= 15 is 0 Å². The van der Waals surface area contributed by atoms with Crippen molar-refractivity contribution in [2.24, 2.45) is 5.92 Å². The van der Waals surface area contributed by atoms with Crippen molar-refractivity contribution in [3.05, 3.63) is 41.5 Å². The van der Waals surface area contributed by atoms with Gasteiger partial charge in [0, 0.05) is 6.08 Å². The number of benzene rings is 1. The van der Waals surface area contributed by atoms with Crippen molar-refractivity contribution in [3.63, 3.8) is 0 Å². The van der Waals surface area contributed by atoms with E-state index in [4.69, 9.17) is 9.84 Å². The first-order valence-corrected chi connectivity index (χ1v) is 6.42. The molecule has 1 aliphatic rings. The van der Waals surface area contributed by atoms with Gasteiger partial charge in [0.1, 0.15) is 5.92 Å². The average molecular weight is 275 g/mol. The Kier molecular flexibility index (Phi) is 4.53. The lowest BCUT2D eigenvalue weighted by atomic mass is 10.0. The zero-order valence-corrected chi connectivity index (χ0v) is 11.2. The molecule has 0 spiro atoms. The number of hydrogen-bond acceptors (Lipinski definition) is 3. The third kappa shape index (κ3) is 3.45. The van der Waals surface area contributed by atoms with Crippen LogP contribution in [-0.4, -0.2) is 36.2 Å². The molecule has 0 aromatic heterocycles. The fraction of sp³-hybridized carbons (Fsp3) is 0.333. The fourth-order valence-corrected chi connectivity index (χ4v) is 2.11. The Bertz CT molecular complexity index is 538. The Morgan fingerprint density at radius 3 is 2.80 bits per heavy atom. The molecule has 0 saturated carbocycles. The van der Waals surface area contributed by atoms with Crippen LogP contribution < -0.4 is 5.32 Å². The molecule has 0 bridgehead atoms. The topological polar surface area (TPSA) is 75.6 Å². The monoisotopic (exact) mass is 275 g/mol. The maximum absolute atomic E-state index is 11.8. The lowest BCUT2D eigenvalue weighted by Crippen LogP contribution is -2.41. The lowest BCUT2D eigenvalue weighted by Gasteiger charge is -2.14. The SMILES string of the molecule is Cc1ccccc1C=CC(=O)NC1COCC1C(=O)O. The molecule has 1 heterocycles. The number of rotatable bonds is 4. The van der Waals surface area contributed by atoms with E-state index in [-0.39, 0.29) is 19.1 Å². The van der Waals surface area contributed by atoms with E-state index < -0.39 is 17.9 Å². The highest BCUT2D eigenvalue weighted by atomic mass is 16.5. The summed E-state index contributed by atoms with van der Waals surface area (Å²) in [6.45, 7) is 2.34. The standard InChI is InChI=1S/C15H17NO4/c1-10-4-2-3-5-11(10)6-7-14(17)16-13-9-20-8-12(13)15(18)19/h2-7,12-13H,8-9H2,1H3,(H,16,17)(H,18,19). The average Bonchev–Trinajstić information content (AvgIpc) is 2.86. The number of carbonyl (C=O) groups excluding carboxylic acids is 1. The summed E-state index contributed by atoms with van der Waals surface area (Å²) >= 11 is 0. The van der Waals surface area contributed by atoms with Gasteiger partial charge in [-0.15, -0.1) is 0 Å². The molecule has 0 aliphatic carbocycles. The first-order chi connectivity index (χ1) is 9.58. The highest BCUT2D eigenvalue weighted by Crippen LogP contribution is 2.14. The molecule has 1 aliphatic heterocycles. The van der Waals surface area contributed by atoms with Gasteiger partial charge in [-0.05, 0) is 24.1 Å². The van der Waals surface area contributed by atoms with Crippen LogP contribution in [0.3, 0.4) is 0 Å².